The standard InChI is InChI=1S/C17H15BrClN3O4/c18-13-10-12(19)2-3-14(13)20-17(23)11-1-4-15(16(9-11)22(24)25)21-5-7-26-8-6-21/h1-4,9-10H,5-8H2,(H,20,23). The minimum atomic E-state index is -0.472. The number of benzene rings is 2. The molecular weight excluding hydrogens is 426 g/mol. The lowest BCUT2D eigenvalue weighted by molar-refractivity contribution is -0.384. The van der Waals surface area contributed by atoms with E-state index < -0.39 is 10.8 Å². The summed E-state index contributed by atoms with van der Waals surface area (Å²) in [5, 5.41) is 14.7. The van der Waals surface area contributed by atoms with Crippen molar-refractivity contribution in [2.75, 3.05) is 36.5 Å². The maximum Gasteiger partial charge on any atom is 0.293 e. The molecule has 1 aliphatic heterocycles. The van der Waals surface area contributed by atoms with Crippen LogP contribution in [-0.2, 0) is 4.74 Å². The van der Waals surface area contributed by atoms with Crippen molar-refractivity contribution in [3.8, 4) is 0 Å². The van der Waals surface area contributed by atoms with Gasteiger partial charge in [-0.05, 0) is 46.3 Å². The van der Waals surface area contributed by atoms with Gasteiger partial charge in [0.05, 0.1) is 23.8 Å². The summed E-state index contributed by atoms with van der Waals surface area (Å²) < 4.78 is 5.90. The fourth-order valence-electron chi connectivity index (χ4n) is 2.67. The van der Waals surface area contributed by atoms with Crippen molar-refractivity contribution >= 4 is 50.5 Å². The lowest BCUT2D eigenvalue weighted by Gasteiger charge is -2.28. The van der Waals surface area contributed by atoms with Gasteiger partial charge < -0.3 is 15.0 Å². The highest BCUT2D eigenvalue weighted by molar-refractivity contribution is 9.10. The minimum absolute atomic E-state index is 0.102. The van der Waals surface area contributed by atoms with E-state index in [1.165, 1.54) is 6.07 Å². The topological polar surface area (TPSA) is 84.7 Å². The molecule has 3 rings (SSSR count). The number of nitro groups is 1. The molecule has 7 nitrogen and oxygen atoms in total. The molecule has 1 heterocycles. The second-order valence-corrected chi connectivity index (χ2v) is 6.93. The predicted octanol–water partition coefficient (Wildman–Crippen LogP) is 4.10. The summed E-state index contributed by atoms with van der Waals surface area (Å²) in [6, 6.07) is 9.43. The van der Waals surface area contributed by atoms with Gasteiger partial charge in [-0.25, -0.2) is 0 Å². The molecule has 1 saturated heterocycles. The quantitative estimate of drug-likeness (QED) is 0.571. The van der Waals surface area contributed by atoms with Crippen molar-refractivity contribution in [1.29, 1.82) is 0 Å². The van der Waals surface area contributed by atoms with Gasteiger partial charge in [0, 0.05) is 34.2 Å². The molecule has 1 fully saturated rings. The van der Waals surface area contributed by atoms with Crippen molar-refractivity contribution < 1.29 is 14.5 Å². The van der Waals surface area contributed by atoms with Crippen LogP contribution in [0.1, 0.15) is 10.4 Å². The molecule has 2 aromatic carbocycles. The molecule has 0 aromatic heterocycles. The molecule has 1 N–H and O–H groups in total. The summed E-state index contributed by atoms with van der Waals surface area (Å²) in [6.07, 6.45) is 0. The first-order valence-corrected chi connectivity index (χ1v) is 9.00. The van der Waals surface area contributed by atoms with Crippen molar-refractivity contribution in [2.45, 2.75) is 0 Å². The van der Waals surface area contributed by atoms with E-state index in [4.69, 9.17) is 16.3 Å². The number of ether oxygens (including phenoxy) is 1. The normalized spacial score (nSPS) is 14.2. The van der Waals surface area contributed by atoms with Crippen molar-refractivity contribution in [1.82, 2.24) is 0 Å². The molecule has 1 amide bonds. The SMILES string of the molecule is O=C(Nc1ccc(Cl)cc1Br)c1ccc(N2CCOCC2)c([N+](=O)[O-])c1. The number of carbonyl (C=O) groups is 1. The Balaban J connectivity index is 1.86. The number of nitrogens with zero attached hydrogens (tertiary/aromatic N) is 2. The fraction of sp³-hybridized carbons (Fsp3) is 0.235. The van der Waals surface area contributed by atoms with Gasteiger partial charge in [0.2, 0.25) is 0 Å². The second-order valence-electron chi connectivity index (χ2n) is 5.64. The number of carbonyl (C=O) groups excluding carboxylic acids is 1. The van der Waals surface area contributed by atoms with Crippen LogP contribution in [0.25, 0.3) is 0 Å². The van der Waals surface area contributed by atoms with Gasteiger partial charge in [-0.2, -0.15) is 0 Å². The maximum absolute atomic E-state index is 12.5. The number of amides is 1. The molecule has 1 aliphatic rings. The Bertz CT molecular complexity index is 856. The zero-order chi connectivity index (χ0) is 18.7. The lowest BCUT2D eigenvalue weighted by atomic mass is 10.1. The molecular formula is C17H15BrClN3O4. The molecule has 0 unspecified atom stereocenters. The monoisotopic (exact) mass is 439 g/mol. The van der Waals surface area contributed by atoms with Crippen LogP contribution in [-0.4, -0.2) is 37.1 Å². The summed E-state index contributed by atoms with van der Waals surface area (Å²) in [5.41, 5.74) is 1.12. The Kier molecular flexibility index (Phi) is 5.75. The average Bonchev–Trinajstić information content (AvgIpc) is 2.64. The first kappa shape index (κ1) is 18.6. The van der Waals surface area contributed by atoms with Crippen LogP contribution in [0.15, 0.2) is 40.9 Å². The highest BCUT2D eigenvalue weighted by atomic mass is 79.9. The Hall–Kier alpha value is -2.16. The van der Waals surface area contributed by atoms with Gasteiger partial charge in [0.25, 0.3) is 11.6 Å². The summed E-state index contributed by atoms with van der Waals surface area (Å²) in [7, 11) is 0. The third-order valence-corrected chi connectivity index (χ3v) is 4.86. The van der Waals surface area contributed by atoms with Crippen molar-refractivity contribution in [2.24, 2.45) is 0 Å². The van der Waals surface area contributed by atoms with Crippen LogP contribution in [0.2, 0.25) is 5.02 Å². The smallest absolute Gasteiger partial charge is 0.293 e. The Labute approximate surface area is 163 Å². The molecule has 0 radical (unpaired) electrons. The summed E-state index contributed by atoms with van der Waals surface area (Å²) in [4.78, 5) is 25.4. The largest absolute Gasteiger partial charge is 0.378 e. The maximum atomic E-state index is 12.5. The van der Waals surface area contributed by atoms with E-state index in [0.717, 1.165) is 0 Å². The highest BCUT2D eigenvalue weighted by Crippen LogP contribution is 2.31. The molecule has 2 aromatic rings. The highest BCUT2D eigenvalue weighted by Gasteiger charge is 2.23. The van der Waals surface area contributed by atoms with Crippen LogP contribution >= 0.6 is 27.5 Å². The summed E-state index contributed by atoms with van der Waals surface area (Å²) >= 11 is 9.21. The number of anilines is 2. The number of halogens is 2. The molecule has 0 aliphatic carbocycles. The van der Waals surface area contributed by atoms with E-state index in [2.05, 4.69) is 21.2 Å². The van der Waals surface area contributed by atoms with E-state index >= 15 is 0 Å². The van der Waals surface area contributed by atoms with Crippen LogP contribution in [0.3, 0.4) is 0 Å². The van der Waals surface area contributed by atoms with Crippen LogP contribution in [0.4, 0.5) is 17.1 Å². The van der Waals surface area contributed by atoms with E-state index in [1.807, 2.05) is 4.90 Å². The third-order valence-electron chi connectivity index (χ3n) is 3.97. The Morgan fingerprint density at radius 2 is 1.96 bits per heavy atom. The minimum Gasteiger partial charge on any atom is -0.378 e. The number of rotatable bonds is 4. The van der Waals surface area contributed by atoms with Gasteiger partial charge in [-0.3, -0.25) is 14.9 Å². The van der Waals surface area contributed by atoms with E-state index in [-0.39, 0.29) is 11.3 Å². The van der Waals surface area contributed by atoms with Gasteiger partial charge in [-0.15, -0.1) is 0 Å². The summed E-state index contributed by atoms with van der Waals surface area (Å²) in [6.45, 7) is 2.18. The lowest BCUT2D eigenvalue weighted by Crippen LogP contribution is -2.36. The summed E-state index contributed by atoms with van der Waals surface area (Å²) in [5.74, 6) is -0.440. The van der Waals surface area contributed by atoms with Gasteiger partial charge in [0.15, 0.2) is 0 Å². The van der Waals surface area contributed by atoms with Crippen molar-refractivity contribution in [3.63, 3.8) is 0 Å². The molecule has 9 heteroatoms. The molecule has 0 atom stereocenters. The molecule has 26 heavy (non-hydrogen) atoms. The zero-order valence-corrected chi connectivity index (χ0v) is 15.9. The predicted molar refractivity (Wildman–Crippen MR) is 103 cm³/mol. The van der Waals surface area contributed by atoms with Crippen LogP contribution < -0.4 is 10.2 Å². The van der Waals surface area contributed by atoms with Crippen LogP contribution in [0.5, 0.6) is 0 Å². The Morgan fingerprint density at radius 1 is 1.23 bits per heavy atom. The van der Waals surface area contributed by atoms with Gasteiger partial charge in [0.1, 0.15) is 5.69 Å². The average molecular weight is 441 g/mol. The molecule has 0 spiro atoms. The van der Waals surface area contributed by atoms with E-state index in [0.29, 0.717) is 47.2 Å². The number of nitrogens with one attached hydrogen (secondary N) is 1. The molecule has 0 bridgehead atoms. The van der Waals surface area contributed by atoms with E-state index in [9.17, 15) is 14.9 Å². The van der Waals surface area contributed by atoms with Crippen molar-refractivity contribution in [3.05, 3.63) is 61.6 Å². The number of hydrogen-bond donors (Lipinski definition) is 1. The Morgan fingerprint density at radius 3 is 2.62 bits per heavy atom. The fourth-order valence-corrected chi connectivity index (χ4v) is 3.45. The van der Waals surface area contributed by atoms with Crippen LogP contribution in [0, 0.1) is 10.1 Å². The molecule has 0 saturated carbocycles. The number of morpholine rings is 1. The zero-order valence-electron chi connectivity index (χ0n) is 13.6. The first-order chi connectivity index (χ1) is 12.5. The third kappa shape index (κ3) is 4.14. The molecule has 136 valence electrons. The number of nitro benzene ring substituents is 1. The van der Waals surface area contributed by atoms with Gasteiger partial charge in [-0.1, -0.05) is 11.6 Å². The second kappa shape index (κ2) is 8.03. The van der Waals surface area contributed by atoms with Gasteiger partial charge >= 0.3 is 0 Å². The van der Waals surface area contributed by atoms with E-state index in [1.54, 1.807) is 30.3 Å². The number of hydrogen-bond acceptors (Lipinski definition) is 5. The first-order valence-electron chi connectivity index (χ1n) is 7.83.